The molecule has 0 saturated carbocycles. The van der Waals surface area contributed by atoms with E-state index in [2.05, 4.69) is 10.2 Å². The van der Waals surface area contributed by atoms with Crippen LogP contribution < -0.4 is 14.8 Å². The van der Waals surface area contributed by atoms with Gasteiger partial charge in [0.25, 0.3) is 0 Å². The quantitative estimate of drug-likeness (QED) is 0.590. The second-order valence-electron chi connectivity index (χ2n) is 7.52. The van der Waals surface area contributed by atoms with Gasteiger partial charge in [0, 0.05) is 32.6 Å². The molecule has 7 heteroatoms. The molecule has 1 aliphatic rings. The number of ether oxygens (including phenoxy) is 2. The number of para-hydroxylation sites is 1. The first kappa shape index (κ1) is 22.6. The van der Waals surface area contributed by atoms with Gasteiger partial charge in [-0.3, -0.25) is 14.5 Å². The normalized spacial score (nSPS) is 14.2. The molecule has 1 saturated heterocycles. The molecule has 31 heavy (non-hydrogen) atoms. The lowest BCUT2D eigenvalue weighted by molar-refractivity contribution is -0.133. The third kappa shape index (κ3) is 7.61. The Balaban J connectivity index is 1.28. The van der Waals surface area contributed by atoms with Crippen molar-refractivity contribution in [2.75, 3.05) is 53.0 Å². The van der Waals surface area contributed by atoms with Crippen LogP contribution in [0, 0.1) is 0 Å². The first-order valence-corrected chi connectivity index (χ1v) is 10.7. The monoisotopic (exact) mass is 425 g/mol. The molecule has 0 aliphatic carbocycles. The van der Waals surface area contributed by atoms with Crippen LogP contribution in [0.25, 0.3) is 0 Å². The lowest BCUT2D eigenvalue weighted by atomic mass is 10.1. The summed E-state index contributed by atoms with van der Waals surface area (Å²) in [5.74, 6) is 1.76. The Kier molecular flexibility index (Phi) is 8.72. The topological polar surface area (TPSA) is 71.1 Å². The molecular formula is C24H31N3O4. The van der Waals surface area contributed by atoms with E-state index in [9.17, 15) is 9.59 Å². The molecule has 3 rings (SSSR count). The Bertz CT molecular complexity index is 818. The number of nitrogens with one attached hydrogen (secondary N) is 1. The first-order chi connectivity index (χ1) is 15.1. The van der Waals surface area contributed by atoms with E-state index in [4.69, 9.17) is 9.47 Å². The minimum absolute atomic E-state index is 0.0176. The molecule has 0 atom stereocenters. The van der Waals surface area contributed by atoms with Crippen LogP contribution in [0.5, 0.6) is 11.5 Å². The van der Waals surface area contributed by atoms with Crippen LogP contribution in [-0.4, -0.2) is 74.6 Å². The molecule has 1 heterocycles. The lowest BCUT2D eigenvalue weighted by Gasteiger charge is -2.34. The maximum absolute atomic E-state index is 12.5. The molecular weight excluding hydrogens is 394 g/mol. The molecule has 2 aromatic rings. The number of methoxy groups -OCH3 is 1. The molecule has 166 valence electrons. The third-order valence-corrected chi connectivity index (χ3v) is 5.31. The molecule has 1 fully saturated rings. The summed E-state index contributed by atoms with van der Waals surface area (Å²) in [6, 6.07) is 17.4. The zero-order chi connectivity index (χ0) is 21.9. The number of carbonyl (C=O) groups excluding carboxylic acids is 2. The lowest BCUT2D eigenvalue weighted by Crippen LogP contribution is -2.51. The van der Waals surface area contributed by atoms with Crippen molar-refractivity contribution in [1.29, 1.82) is 0 Å². The van der Waals surface area contributed by atoms with Crippen LogP contribution in [0.4, 0.5) is 0 Å². The zero-order valence-electron chi connectivity index (χ0n) is 18.1. The molecule has 7 nitrogen and oxygen atoms in total. The molecule has 0 spiro atoms. The molecule has 1 N–H and O–H groups in total. The summed E-state index contributed by atoms with van der Waals surface area (Å²) in [6.07, 6.45) is 1.21. The van der Waals surface area contributed by atoms with Crippen molar-refractivity contribution in [2.45, 2.75) is 12.8 Å². The van der Waals surface area contributed by atoms with E-state index in [1.54, 1.807) is 7.11 Å². The van der Waals surface area contributed by atoms with Crippen LogP contribution >= 0.6 is 0 Å². The number of carbonyl (C=O) groups is 2. The molecule has 0 aromatic heterocycles. The van der Waals surface area contributed by atoms with Gasteiger partial charge in [-0.1, -0.05) is 30.3 Å². The summed E-state index contributed by atoms with van der Waals surface area (Å²) >= 11 is 0. The van der Waals surface area contributed by atoms with Crippen LogP contribution in [0.1, 0.15) is 12.0 Å². The minimum Gasteiger partial charge on any atom is -0.497 e. The molecule has 1 aliphatic heterocycles. The zero-order valence-corrected chi connectivity index (χ0v) is 18.1. The first-order valence-electron chi connectivity index (χ1n) is 10.7. The molecule has 0 unspecified atom stereocenters. The van der Waals surface area contributed by atoms with E-state index in [1.807, 2.05) is 59.5 Å². The summed E-state index contributed by atoms with van der Waals surface area (Å²) in [6.45, 7) is 3.99. The fourth-order valence-corrected chi connectivity index (χ4v) is 3.49. The number of hydrogen-bond donors (Lipinski definition) is 1. The van der Waals surface area contributed by atoms with Gasteiger partial charge in [-0.15, -0.1) is 0 Å². The van der Waals surface area contributed by atoms with Crippen molar-refractivity contribution >= 4 is 11.8 Å². The van der Waals surface area contributed by atoms with Gasteiger partial charge in [-0.05, 0) is 36.2 Å². The highest BCUT2D eigenvalue weighted by molar-refractivity contribution is 5.78. The Morgan fingerprint density at radius 2 is 1.65 bits per heavy atom. The second kappa shape index (κ2) is 12.0. The molecule has 2 amide bonds. The van der Waals surface area contributed by atoms with E-state index in [-0.39, 0.29) is 11.8 Å². The predicted octanol–water partition coefficient (Wildman–Crippen LogP) is 1.97. The summed E-state index contributed by atoms with van der Waals surface area (Å²) in [5, 5.41) is 2.89. The molecule has 2 aromatic carbocycles. The van der Waals surface area contributed by atoms with Gasteiger partial charge in [0.2, 0.25) is 11.8 Å². The number of nitrogens with zero attached hydrogens (tertiary/aromatic N) is 2. The van der Waals surface area contributed by atoms with Crippen molar-refractivity contribution < 1.29 is 19.1 Å². The average molecular weight is 426 g/mol. The fourth-order valence-electron chi connectivity index (χ4n) is 3.49. The number of amides is 2. The van der Waals surface area contributed by atoms with Gasteiger partial charge >= 0.3 is 0 Å². The van der Waals surface area contributed by atoms with E-state index < -0.39 is 0 Å². The van der Waals surface area contributed by atoms with Crippen LogP contribution in [0.3, 0.4) is 0 Å². The SMILES string of the molecule is COc1ccc(CCC(=O)N2CCN(CC(=O)NCCOc3ccccc3)CC2)cc1. The van der Waals surface area contributed by atoms with Crippen LogP contribution in [0.2, 0.25) is 0 Å². The van der Waals surface area contributed by atoms with Crippen molar-refractivity contribution in [3.63, 3.8) is 0 Å². The summed E-state index contributed by atoms with van der Waals surface area (Å²) < 4.78 is 10.7. The highest BCUT2D eigenvalue weighted by Crippen LogP contribution is 2.13. The minimum atomic E-state index is -0.0176. The fraction of sp³-hybridized carbons (Fsp3) is 0.417. The maximum atomic E-state index is 12.5. The second-order valence-corrected chi connectivity index (χ2v) is 7.52. The van der Waals surface area contributed by atoms with Crippen molar-refractivity contribution in [3.05, 3.63) is 60.2 Å². The standard InChI is InChI=1S/C24H31N3O4/c1-30-21-10-7-20(8-11-21)9-12-24(29)27-16-14-26(15-17-27)19-23(28)25-13-18-31-22-5-3-2-4-6-22/h2-8,10-11H,9,12-19H2,1H3,(H,25,28). The average Bonchev–Trinajstić information content (AvgIpc) is 2.82. The summed E-state index contributed by atoms with van der Waals surface area (Å²) in [7, 11) is 1.64. The largest absolute Gasteiger partial charge is 0.497 e. The predicted molar refractivity (Wildman–Crippen MR) is 119 cm³/mol. The summed E-state index contributed by atoms with van der Waals surface area (Å²) in [5.41, 5.74) is 1.13. The Labute approximate surface area is 183 Å². The van der Waals surface area contributed by atoms with Crippen molar-refractivity contribution in [2.24, 2.45) is 0 Å². The highest BCUT2D eigenvalue weighted by Gasteiger charge is 2.22. The number of hydrogen-bond acceptors (Lipinski definition) is 5. The smallest absolute Gasteiger partial charge is 0.234 e. The van der Waals surface area contributed by atoms with Crippen LogP contribution in [-0.2, 0) is 16.0 Å². The van der Waals surface area contributed by atoms with E-state index >= 15 is 0 Å². The Hall–Kier alpha value is -3.06. The van der Waals surface area contributed by atoms with E-state index in [1.165, 1.54) is 0 Å². The number of benzene rings is 2. The van der Waals surface area contributed by atoms with Crippen LogP contribution in [0.15, 0.2) is 54.6 Å². The Morgan fingerprint density at radius 3 is 2.32 bits per heavy atom. The van der Waals surface area contributed by atoms with Gasteiger partial charge in [0.1, 0.15) is 18.1 Å². The number of rotatable bonds is 10. The molecule has 0 radical (unpaired) electrons. The summed E-state index contributed by atoms with van der Waals surface area (Å²) in [4.78, 5) is 28.6. The van der Waals surface area contributed by atoms with E-state index in [0.29, 0.717) is 52.3 Å². The van der Waals surface area contributed by atoms with E-state index in [0.717, 1.165) is 23.5 Å². The van der Waals surface area contributed by atoms with Crippen molar-refractivity contribution in [1.82, 2.24) is 15.1 Å². The number of piperazine rings is 1. The van der Waals surface area contributed by atoms with Crippen molar-refractivity contribution in [3.8, 4) is 11.5 Å². The van der Waals surface area contributed by atoms with Gasteiger partial charge in [-0.2, -0.15) is 0 Å². The van der Waals surface area contributed by atoms with Gasteiger partial charge < -0.3 is 19.7 Å². The van der Waals surface area contributed by atoms with Gasteiger partial charge in [0.15, 0.2) is 0 Å². The Morgan fingerprint density at radius 1 is 0.935 bits per heavy atom. The highest BCUT2D eigenvalue weighted by atomic mass is 16.5. The molecule has 0 bridgehead atoms. The maximum Gasteiger partial charge on any atom is 0.234 e. The van der Waals surface area contributed by atoms with Gasteiger partial charge in [0.05, 0.1) is 20.2 Å². The number of aryl methyl sites for hydroxylation is 1. The van der Waals surface area contributed by atoms with Gasteiger partial charge in [-0.25, -0.2) is 0 Å². The third-order valence-electron chi connectivity index (χ3n) is 5.31.